The first-order valence-electron chi connectivity index (χ1n) is 8.32. The minimum atomic E-state index is 0.00228. The van der Waals surface area contributed by atoms with E-state index < -0.39 is 0 Å². The lowest BCUT2D eigenvalue weighted by Crippen LogP contribution is -2.51. The lowest BCUT2D eigenvalue weighted by molar-refractivity contribution is 0.0471. The van der Waals surface area contributed by atoms with Crippen molar-refractivity contribution in [2.75, 3.05) is 26.2 Å². The number of carbonyl (C=O) groups is 1. The van der Waals surface area contributed by atoms with Crippen LogP contribution in [0.15, 0.2) is 18.6 Å². The maximum Gasteiger partial charge on any atom is 0.257 e. The number of nitrogens with zero attached hydrogens (tertiary/aromatic N) is 6. The Morgan fingerprint density at radius 2 is 2.08 bits per heavy atom. The summed E-state index contributed by atoms with van der Waals surface area (Å²) in [6.45, 7) is 8.95. The molecule has 1 saturated heterocycles. The molecule has 0 aliphatic carbocycles. The molecule has 0 spiro atoms. The fraction of sp³-hybridized carbons (Fsp3) is 0.529. The van der Waals surface area contributed by atoms with Crippen molar-refractivity contribution >= 4 is 5.91 Å². The van der Waals surface area contributed by atoms with Gasteiger partial charge >= 0.3 is 0 Å². The quantitative estimate of drug-likeness (QED) is 0.851. The van der Waals surface area contributed by atoms with E-state index in [9.17, 15) is 4.79 Å². The van der Waals surface area contributed by atoms with Crippen molar-refractivity contribution in [3.8, 4) is 0 Å². The molecule has 3 heterocycles. The van der Waals surface area contributed by atoms with Gasteiger partial charge in [-0.3, -0.25) is 9.69 Å². The van der Waals surface area contributed by atoms with E-state index in [4.69, 9.17) is 0 Å². The standard InChI is InChI=1S/C17H24N6O/c1-5-22-8-9-23(11-15(22)16-18-6-7-21(16)4)17(24)14-10-19-13(3)20-12(14)2/h6-7,10,15H,5,8-9,11H2,1-4H3/t15-/m0/s1. The van der Waals surface area contributed by atoms with Crippen LogP contribution in [0.1, 0.15) is 40.7 Å². The molecular weight excluding hydrogens is 304 g/mol. The van der Waals surface area contributed by atoms with Crippen LogP contribution in [0.4, 0.5) is 0 Å². The van der Waals surface area contributed by atoms with Crippen molar-refractivity contribution in [1.82, 2.24) is 29.3 Å². The molecule has 0 bridgehead atoms. The van der Waals surface area contributed by atoms with Gasteiger partial charge in [0.2, 0.25) is 0 Å². The normalized spacial score (nSPS) is 18.8. The zero-order chi connectivity index (χ0) is 17.3. The highest BCUT2D eigenvalue weighted by Gasteiger charge is 2.32. The summed E-state index contributed by atoms with van der Waals surface area (Å²) in [7, 11) is 1.99. The third-order valence-corrected chi connectivity index (χ3v) is 4.67. The van der Waals surface area contributed by atoms with E-state index in [1.807, 2.05) is 42.8 Å². The minimum Gasteiger partial charge on any atom is -0.337 e. The molecule has 7 nitrogen and oxygen atoms in total. The zero-order valence-corrected chi connectivity index (χ0v) is 14.7. The number of imidazole rings is 1. The molecule has 0 saturated carbocycles. The van der Waals surface area contributed by atoms with Gasteiger partial charge in [0.15, 0.2) is 0 Å². The molecule has 1 aliphatic rings. The van der Waals surface area contributed by atoms with Crippen molar-refractivity contribution in [2.45, 2.75) is 26.8 Å². The van der Waals surface area contributed by atoms with Crippen LogP contribution in [0, 0.1) is 13.8 Å². The predicted octanol–water partition coefficient (Wildman–Crippen LogP) is 1.35. The van der Waals surface area contributed by atoms with Gasteiger partial charge in [-0.25, -0.2) is 15.0 Å². The zero-order valence-electron chi connectivity index (χ0n) is 14.7. The van der Waals surface area contributed by atoms with Gasteiger partial charge in [-0.2, -0.15) is 0 Å². The number of likely N-dealkylation sites (N-methyl/N-ethyl adjacent to an activating group) is 1. The lowest BCUT2D eigenvalue weighted by Gasteiger charge is -2.40. The molecule has 24 heavy (non-hydrogen) atoms. The Kier molecular flexibility index (Phi) is 4.62. The molecule has 128 valence electrons. The summed E-state index contributed by atoms with van der Waals surface area (Å²) in [5.74, 6) is 1.68. The van der Waals surface area contributed by atoms with E-state index in [1.54, 1.807) is 6.20 Å². The summed E-state index contributed by atoms with van der Waals surface area (Å²) in [4.78, 5) is 30.2. The highest BCUT2D eigenvalue weighted by atomic mass is 16.2. The predicted molar refractivity (Wildman–Crippen MR) is 90.6 cm³/mol. The summed E-state index contributed by atoms with van der Waals surface area (Å²) in [6, 6.07) is 0.111. The van der Waals surface area contributed by atoms with Gasteiger partial charge in [-0.15, -0.1) is 0 Å². The Morgan fingerprint density at radius 3 is 2.71 bits per heavy atom. The Balaban J connectivity index is 1.85. The first kappa shape index (κ1) is 16.6. The number of hydrogen-bond donors (Lipinski definition) is 0. The molecule has 0 radical (unpaired) electrons. The van der Waals surface area contributed by atoms with Crippen LogP contribution in [-0.4, -0.2) is 61.4 Å². The largest absolute Gasteiger partial charge is 0.337 e. The van der Waals surface area contributed by atoms with Gasteiger partial charge in [-0.05, 0) is 20.4 Å². The topological polar surface area (TPSA) is 67.2 Å². The van der Waals surface area contributed by atoms with E-state index in [1.165, 1.54) is 0 Å². The number of piperazine rings is 1. The van der Waals surface area contributed by atoms with Gasteiger partial charge < -0.3 is 9.47 Å². The number of aryl methyl sites for hydroxylation is 3. The third-order valence-electron chi connectivity index (χ3n) is 4.67. The molecule has 7 heteroatoms. The summed E-state index contributed by atoms with van der Waals surface area (Å²) in [5, 5.41) is 0. The van der Waals surface area contributed by atoms with E-state index in [0.717, 1.165) is 24.6 Å². The Morgan fingerprint density at radius 1 is 1.29 bits per heavy atom. The molecule has 0 N–H and O–H groups in total. The Labute approximate surface area is 142 Å². The molecule has 1 amide bonds. The maximum atomic E-state index is 12.9. The van der Waals surface area contributed by atoms with Crippen LogP contribution in [0.2, 0.25) is 0 Å². The molecule has 2 aromatic rings. The second-order valence-electron chi connectivity index (χ2n) is 6.21. The number of hydrogen-bond acceptors (Lipinski definition) is 5. The van der Waals surface area contributed by atoms with Crippen molar-refractivity contribution in [3.05, 3.63) is 41.5 Å². The second kappa shape index (κ2) is 6.68. The Bertz CT molecular complexity index is 740. The van der Waals surface area contributed by atoms with E-state index >= 15 is 0 Å². The fourth-order valence-corrected chi connectivity index (χ4v) is 3.29. The van der Waals surface area contributed by atoms with E-state index in [0.29, 0.717) is 24.5 Å². The van der Waals surface area contributed by atoms with Crippen LogP contribution < -0.4 is 0 Å². The fourth-order valence-electron chi connectivity index (χ4n) is 3.29. The van der Waals surface area contributed by atoms with Crippen LogP contribution in [0.5, 0.6) is 0 Å². The van der Waals surface area contributed by atoms with Gasteiger partial charge in [0.1, 0.15) is 11.6 Å². The second-order valence-corrected chi connectivity index (χ2v) is 6.21. The first-order valence-corrected chi connectivity index (χ1v) is 8.32. The van der Waals surface area contributed by atoms with Gasteiger partial charge in [0.05, 0.1) is 17.3 Å². The van der Waals surface area contributed by atoms with Crippen molar-refractivity contribution < 1.29 is 4.79 Å². The molecule has 0 aromatic carbocycles. The smallest absolute Gasteiger partial charge is 0.257 e. The minimum absolute atomic E-state index is 0.00228. The lowest BCUT2D eigenvalue weighted by atomic mass is 10.1. The SMILES string of the molecule is CCN1CCN(C(=O)c2cnc(C)nc2C)C[C@H]1c1nccn1C. The number of carbonyl (C=O) groups excluding carboxylic acids is 1. The molecule has 0 unspecified atom stereocenters. The number of amides is 1. The van der Waals surface area contributed by atoms with Gasteiger partial charge in [-0.1, -0.05) is 6.92 Å². The third kappa shape index (κ3) is 3.03. The summed E-state index contributed by atoms with van der Waals surface area (Å²) < 4.78 is 2.03. The molecule has 1 fully saturated rings. The molecular formula is C17H24N6O. The highest BCUT2D eigenvalue weighted by Crippen LogP contribution is 2.25. The molecule has 1 atom stereocenters. The Hall–Kier alpha value is -2.28. The van der Waals surface area contributed by atoms with Gasteiger partial charge in [0.25, 0.3) is 5.91 Å². The molecule has 2 aromatic heterocycles. The van der Waals surface area contributed by atoms with Crippen LogP contribution in [-0.2, 0) is 7.05 Å². The van der Waals surface area contributed by atoms with Crippen molar-refractivity contribution in [3.63, 3.8) is 0 Å². The summed E-state index contributed by atoms with van der Waals surface area (Å²) in [5.41, 5.74) is 1.32. The van der Waals surface area contributed by atoms with Gasteiger partial charge in [0, 0.05) is 45.3 Å². The highest BCUT2D eigenvalue weighted by molar-refractivity contribution is 5.95. The average molecular weight is 328 g/mol. The van der Waals surface area contributed by atoms with E-state index in [2.05, 4.69) is 26.8 Å². The van der Waals surface area contributed by atoms with Crippen LogP contribution in [0.25, 0.3) is 0 Å². The van der Waals surface area contributed by atoms with Crippen LogP contribution >= 0.6 is 0 Å². The molecule has 1 aliphatic heterocycles. The summed E-state index contributed by atoms with van der Waals surface area (Å²) in [6.07, 6.45) is 5.39. The molecule has 3 rings (SSSR count). The number of rotatable bonds is 3. The first-order chi connectivity index (χ1) is 11.5. The summed E-state index contributed by atoms with van der Waals surface area (Å²) >= 11 is 0. The monoisotopic (exact) mass is 328 g/mol. The van der Waals surface area contributed by atoms with Crippen molar-refractivity contribution in [2.24, 2.45) is 7.05 Å². The van der Waals surface area contributed by atoms with Crippen LogP contribution in [0.3, 0.4) is 0 Å². The number of aromatic nitrogens is 4. The van der Waals surface area contributed by atoms with Crippen molar-refractivity contribution in [1.29, 1.82) is 0 Å². The average Bonchev–Trinajstić information content (AvgIpc) is 2.99. The maximum absolute atomic E-state index is 12.9. The van der Waals surface area contributed by atoms with E-state index in [-0.39, 0.29) is 11.9 Å².